The van der Waals surface area contributed by atoms with Gasteiger partial charge in [0.25, 0.3) is 0 Å². The molecule has 1 N–H and O–H groups in total. The van der Waals surface area contributed by atoms with Crippen LogP contribution in [-0.2, 0) is 6.54 Å². The minimum atomic E-state index is -4.17. The molecule has 0 aromatic heterocycles. The molecule has 0 aliphatic carbocycles. The van der Waals surface area contributed by atoms with Crippen LogP contribution in [-0.4, -0.2) is 66.9 Å². The van der Waals surface area contributed by atoms with Crippen LogP contribution in [0.4, 0.5) is 13.2 Å². The summed E-state index contributed by atoms with van der Waals surface area (Å²) in [5.74, 6) is -0.782. The molecule has 1 saturated heterocycles. The Morgan fingerprint density at radius 1 is 1.22 bits per heavy atom. The van der Waals surface area contributed by atoms with Crippen LogP contribution in [0.3, 0.4) is 0 Å². The molecule has 23 heavy (non-hydrogen) atoms. The highest BCUT2D eigenvalue weighted by Crippen LogP contribution is 2.22. The molecule has 0 saturated carbocycles. The van der Waals surface area contributed by atoms with Gasteiger partial charge >= 0.3 is 12.1 Å². The minimum Gasteiger partial charge on any atom is -0.496 e. The van der Waals surface area contributed by atoms with Crippen molar-refractivity contribution in [3.05, 3.63) is 29.3 Å². The van der Waals surface area contributed by atoms with E-state index in [-0.39, 0.29) is 11.3 Å². The van der Waals surface area contributed by atoms with Crippen molar-refractivity contribution in [2.45, 2.75) is 12.7 Å². The first-order valence-corrected chi connectivity index (χ1v) is 7.20. The number of methoxy groups -OCH3 is 1. The molecule has 1 aromatic carbocycles. The van der Waals surface area contributed by atoms with E-state index in [0.717, 1.165) is 5.56 Å². The number of carboxylic acids is 1. The van der Waals surface area contributed by atoms with E-state index in [9.17, 15) is 18.0 Å². The van der Waals surface area contributed by atoms with E-state index in [0.29, 0.717) is 32.7 Å². The summed E-state index contributed by atoms with van der Waals surface area (Å²) in [5.41, 5.74) is 0.883. The first kappa shape index (κ1) is 17.6. The zero-order valence-corrected chi connectivity index (χ0v) is 12.8. The molecule has 0 unspecified atom stereocenters. The Morgan fingerprint density at radius 2 is 1.83 bits per heavy atom. The highest BCUT2D eigenvalue weighted by atomic mass is 19.4. The fraction of sp³-hybridized carbons (Fsp3) is 0.533. The molecule has 0 atom stereocenters. The molecule has 0 radical (unpaired) electrons. The minimum absolute atomic E-state index is 0.0840. The van der Waals surface area contributed by atoms with Crippen molar-refractivity contribution in [1.82, 2.24) is 9.80 Å². The van der Waals surface area contributed by atoms with Crippen LogP contribution in [0.15, 0.2) is 18.2 Å². The topological polar surface area (TPSA) is 53.0 Å². The molecule has 0 amide bonds. The second-order valence-corrected chi connectivity index (χ2v) is 5.51. The van der Waals surface area contributed by atoms with E-state index in [1.165, 1.54) is 12.0 Å². The van der Waals surface area contributed by atoms with Crippen LogP contribution < -0.4 is 4.74 Å². The van der Waals surface area contributed by atoms with Crippen LogP contribution in [0.25, 0.3) is 0 Å². The van der Waals surface area contributed by atoms with Crippen LogP contribution in [0.2, 0.25) is 0 Å². The Kier molecular flexibility index (Phi) is 5.48. The average Bonchev–Trinajstić information content (AvgIpc) is 2.47. The van der Waals surface area contributed by atoms with Gasteiger partial charge in [-0.2, -0.15) is 13.2 Å². The first-order valence-electron chi connectivity index (χ1n) is 7.20. The van der Waals surface area contributed by atoms with E-state index in [1.54, 1.807) is 18.2 Å². The molecule has 8 heteroatoms. The number of alkyl halides is 3. The third-order valence-electron chi connectivity index (χ3n) is 3.77. The number of nitrogens with zero attached hydrogens (tertiary/aromatic N) is 2. The summed E-state index contributed by atoms with van der Waals surface area (Å²) in [7, 11) is 1.40. The van der Waals surface area contributed by atoms with Gasteiger partial charge < -0.3 is 9.84 Å². The summed E-state index contributed by atoms with van der Waals surface area (Å²) in [6.45, 7) is 1.36. The maximum Gasteiger partial charge on any atom is 0.401 e. The van der Waals surface area contributed by atoms with Crippen molar-refractivity contribution in [3.8, 4) is 5.75 Å². The predicted octanol–water partition coefficient (Wildman–Crippen LogP) is 2.07. The average molecular weight is 332 g/mol. The molecule has 1 aliphatic heterocycles. The van der Waals surface area contributed by atoms with Gasteiger partial charge in [0, 0.05) is 32.7 Å². The number of piperazine rings is 1. The lowest BCUT2D eigenvalue weighted by Gasteiger charge is -2.35. The molecular weight excluding hydrogens is 313 g/mol. The van der Waals surface area contributed by atoms with Gasteiger partial charge in [-0.3, -0.25) is 9.80 Å². The quantitative estimate of drug-likeness (QED) is 0.895. The Hall–Kier alpha value is -1.80. The lowest BCUT2D eigenvalue weighted by atomic mass is 10.1. The highest BCUT2D eigenvalue weighted by molar-refractivity contribution is 5.91. The van der Waals surface area contributed by atoms with Gasteiger partial charge in [-0.25, -0.2) is 4.79 Å². The van der Waals surface area contributed by atoms with Crippen LogP contribution in [0, 0.1) is 0 Å². The third kappa shape index (κ3) is 5.11. The molecule has 1 heterocycles. The fourth-order valence-electron chi connectivity index (χ4n) is 2.64. The number of carboxylic acid groups (broad SMARTS) is 1. The van der Waals surface area contributed by atoms with Gasteiger partial charge in [-0.05, 0) is 17.7 Å². The van der Waals surface area contributed by atoms with Crippen molar-refractivity contribution in [3.63, 3.8) is 0 Å². The van der Waals surface area contributed by atoms with Gasteiger partial charge in [-0.1, -0.05) is 6.07 Å². The van der Waals surface area contributed by atoms with Gasteiger partial charge in [0.15, 0.2) is 0 Å². The molecule has 128 valence electrons. The molecule has 0 spiro atoms. The van der Waals surface area contributed by atoms with Gasteiger partial charge in [0.2, 0.25) is 0 Å². The normalized spacial score (nSPS) is 17.2. The summed E-state index contributed by atoms with van der Waals surface area (Å²) in [4.78, 5) is 14.6. The summed E-state index contributed by atoms with van der Waals surface area (Å²) >= 11 is 0. The van der Waals surface area contributed by atoms with E-state index < -0.39 is 18.7 Å². The largest absolute Gasteiger partial charge is 0.496 e. The van der Waals surface area contributed by atoms with Crippen molar-refractivity contribution in [2.24, 2.45) is 0 Å². The second kappa shape index (κ2) is 7.18. The van der Waals surface area contributed by atoms with Crippen LogP contribution in [0.5, 0.6) is 5.75 Å². The van der Waals surface area contributed by atoms with Crippen LogP contribution >= 0.6 is 0 Å². The Bertz CT molecular complexity index is 555. The maximum absolute atomic E-state index is 12.4. The smallest absolute Gasteiger partial charge is 0.401 e. The zero-order chi connectivity index (χ0) is 17.0. The molecule has 2 rings (SSSR count). The lowest BCUT2D eigenvalue weighted by molar-refractivity contribution is -0.149. The van der Waals surface area contributed by atoms with Gasteiger partial charge in [0.1, 0.15) is 11.3 Å². The number of rotatable bonds is 5. The molecule has 1 fully saturated rings. The molecular formula is C15H19F3N2O3. The first-order chi connectivity index (χ1) is 10.8. The molecule has 5 nitrogen and oxygen atoms in total. The predicted molar refractivity (Wildman–Crippen MR) is 77.7 cm³/mol. The second-order valence-electron chi connectivity index (χ2n) is 5.51. The maximum atomic E-state index is 12.4. The summed E-state index contributed by atoms with van der Waals surface area (Å²) in [5, 5.41) is 9.16. The van der Waals surface area contributed by atoms with E-state index in [1.807, 2.05) is 4.90 Å². The SMILES string of the molecule is COc1ccc(CN2CCN(CC(F)(F)F)CC2)cc1C(=O)O. The summed E-state index contributed by atoms with van der Waals surface area (Å²) < 4.78 is 42.1. The van der Waals surface area contributed by atoms with Crippen molar-refractivity contribution >= 4 is 5.97 Å². The number of ether oxygens (including phenoxy) is 1. The van der Waals surface area contributed by atoms with Gasteiger partial charge in [0.05, 0.1) is 13.7 Å². The summed E-state index contributed by atoms with van der Waals surface area (Å²) in [6, 6.07) is 4.91. The number of halogens is 3. The standard InChI is InChI=1S/C15H19F3N2O3/c1-23-13-3-2-11(8-12(13)14(21)22)9-19-4-6-20(7-5-19)10-15(16,17)18/h2-3,8H,4-7,9-10H2,1H3,(H,21,22). The highest BCUT2D eigenvalue weighted by Gasteiger charge is 2.32. The number of carbonyl (C=O) groups is 1. The monoisotopic (exact) mass is 332 g/mol. The van der Waals surface area contributed by atoms with Crippen molar-refractivity contribution < 1.29 is 27.8 Å². The molecule has 1 aliphatic rings. The lowest BCUT2D eigenvalue weighted by Crippen LogP contribution is -2.48. The Morgan fingerprint density at radius 3 is 2.35 bits per heavy atom. The zero-order valence-electron chi connectivity index (χ0n) is 12.8. The number of hydrogen-bond donors (Lipinski definition) is 1. The Labute approximate surface area is 132 Å². The Balaban J connectivity index is 1.94. The van der Waals surface area contributed by atoms with Gasteiger partial charge in [-0.15, -0.1) is 0 Å². The third-order valence-corrected chi connectivity index (χ3v) is 3.77. The van der Waals surface area contributed by atoms with E-state index >= 15 is 0 Å². The number of benzene rings is 1. The van der Waals surface area contributed by atoms with E-state index in [4.69, 9.17) is 9.84 Å². The van der Waals surface area contributed by atoms with Crippen molar-refractivity contribution in [1.29, 1.82) is 0 Å². The summed E-state index contributed by atoms with van der Waals surface area (Å²) in [6.07, 6.45) is -4.17. The van der Waals surface area contributed by atoms with E-state index in [2.05, 4.69) is 0 Å². The molecule has 0 bridgehead atoms. The molecule has 1 aromatic rings. The fourth-order valence-corrected chi connectivity index (χ4v) is 2.64. The van der Waals surface area contributed by atoms with Crippen molar-refractivity contribution in [2.75, 3.05) is 39.8 Å². The van der Waals surface area contributed by atoms with Crippen LogP contribution in [0.1, 0.15) is 15.9 Å². The number of aromatic carboxylic acids is 1. The number of hydrogen-bond acceptors (Lipinski definition) is 4.